The number of carbonyl (C=O) groups excluding carboxylic acids is 1. The molecule has 2 aromatic heterocycles. The Morgan fingerprint density at radius 3 is 2.83 bits per heavy atom. The fourth-order valence-corrected chi connectivity index (χ4v) is 2.72. The van der Waals surface area contributed by atoms with Crippen molar-refractivity contribution in [2.24, 2.45) is 0 Å². The van der Waals surface area contributed by atoms with Gasteiger partial charge in [-0.15, -0.1) is 11.3 Å². The van der Waals surface area contributed by atoms with E-state index in [1.807, 2.05) is 31.2 Å². The van der Waals surface area contributed by atoms with Crippen LogP contribution in [0.2, 0.25) is 0 Å². The maximum atomic E-state index is 12.1. The summed E-state index contributed by atoms with van der Waals surface area (Å²) < 4.78 is 8.15. The smallest absolute Gasteiger partial charge is 0.277 e. The zero-order valence-electron chi connectivity index (χ0n) is 12.2. The van der Waals surface area contributed by atoms with Gasteiger partial charge in [0, 0.05) is 21.7 Å². The van der Waals surface area contributed by atoms with Gasteiger partial charge in [-0.3, -0.25) is 10.1 Å². The van der Waals surface area contributed by atoms with E-state index in [4.69, 9.17) is 4.74 Å². The van der Waals surface area contributed by atoms with Gasteiger partial charge in [0.1, 0.15) is 5.75 Å². The molecule has 0 radical (unpaired) electrons. The molecule has 0 bridgehead atoms. The molecule has 3 aromatic rings. The van der Waals surface area contributed by atoms with Crippen molar-refractivity contribution in [3.05, 3.63) is 57.8 Å². The average Bonchev–Trinajstić information content (AvgIpc) is 3.16. The zero-order valence-corrected chi connectivity index (χ0v) is 14.6. The van der Waals surface area contributed by atoms with Crippen molar-refractivity contribution in [3.8, 4) is 5.75 Å². The van der Waals surface area contributed by atoms with Gasteiger partial charge in [0.05, 0.1) is 0 Å². The molecule has 2 heterocycles. The summed E-state index contributed by atoms with van der Waals surface area (Å²) in [6, 6.07) is 9.14. The number of carbonyl (C=O) groups is 1. The van der Waals surface area contributed by atoms with Crippen LogP contribution in [0.3, 0.4) is 0 Å². The summed E-state index contributed by atoms with van der Waals surface area (Å²) >= 11 is 4.79. The minimum Gasteiger partial charge on any atom is -0.471 e. The highest BCUT2D eigenvalue weighted by Crippen LogP contribution is 2.18. The second kappa shape index (κ2) is 6.93. The number of hydrogen-bond donors (Lipinski definition) is 1. The third-order valence-electron chi connectivity index (χ3n) is 2.89. The molecule has 0 aliphatic carbocycles. The lowest BCUT2D eigenvalue weighted by atomic mass is 10.3. The number of rotatable bonds is 5. The van der Waals surface area contributed by atoms with Crippen LogP contribution < -0.4 is 10.1 Å². The largest absolute Gasteiger partial charge is 0.471 e. The lowest BCUT2D eigenvalue weighted by molar-refractivity contribution is 0.102. The first kappa shape index (κ1) is 15.7. The van der Waals surface area contributed by atoms with E-state index in [1.54, 1.807) is 23.1 Å². The van der Waals surface area contributed by atoms with Gasteiger partial charge in [-0.25, -0.2) is 9.67 Å². The van der Waals surface area contributed by atoms with Crippen molar-refractivity contribution in [2.75, 3.05) is 5.32 Å². The minimum absolute atomic E-state index is 0.227. The van der Waals surface area contributed by atoms with E-state index in [2.05, 4.69) is 31.3 Å². The first-order valence-electron chi connectivity index (χ1n) is 6.76. The van der Waals surface area contributed by atoms with Crippen LogP contribution >= 0.6 is 27.3 Å². The summed E-state index contributed by atoms with van der Waals surface area (Å²) in [4.78, 5) is 17.2. The predicted molar refractivity (Wildman–Crippen MR) is 91.8 cm³/mol. The molecule has 6 nitrogen and oxygen atoms in total. The Kier molecular flexibility index (Phi) is 4.73. The topological polar surface area (TPSA) is 69.0 Å². The molecule has 8 heteroatoms. The molecule has 1 amide bonds. The molecular weight excluding hydrogens is 380 g/mol. The first-order valence-corrected chi connectivity index (χ1v) is 8.37. The summed E-state index contributed by atoms with van der Waals surface area (Å²) in [5, 5.41) is 7.48. The molecule has 0 saturated heterocycles. The van der Waals surface area contributed by atoms with E-state index < -0.39 is 0 Å². The number of hydrogen-bond acceptors (Lipinski definition) is 5. The summed E-state index contributed by atoms with van der Waals surface area (Å²) in [5.74, 6) is 0.440. The molecule has 118 valence electrons. The van der Waals surface area contributed by atoms with Gasteiger partial charge in [-0.2, -0.15) is 5.10 Å². The molecule has 1 N–H and O–H groups in total. The summed E-state index contributed by atoms with van der Waals surface area (Å²) in [6.45, 7) is 2.16. The number of nitrogens with one attached hydrogen (secondary N) is 1. The van der Waals surface area contributed by atoms with Crippen LogP contribution in [0.25, 0.3) is 0 Å². The maximum absolute atomic E-state index is 12.1. The Hall–Kier alpha value is -2.19. The second-order valence-corrected chi connectivity index (χ2v) is 6.85. The highest BCUT2D eigenvalue weighted by atomic mass is 79.9. The van der Waals surface area contributed by atoms with Crippen LogP contribution in [-0.2, 0) is 6.73 Å². The fourth-order valence-electron chi connectivity index (χ4n) is 1.80. The highest BCUT2D eigenvalue weighted by Gasteiger charge is 2.11. The minimum atomic E-state index is -0.290. The van der Waals surface area contributed by atoms with Crippen LogP contribution in [0.4, 0.5) is 5.13 Å². The summed E-state index contributed by atoms with van der Waals surface area (Å²) in [7, 11) is 0. The van der Waals surface area contributed by atoms with Crippen LogP contribution in [0, 0.1) is 6.92 Å². The fraction of sp³-hybridized carbons (Fsp3) is 0.133. The maximum Gasteiger partial charge on any atom is 0.277 e. The standard InChI is InChI=1S/C15H13BrN4O2S/c1-10-8-17-15(23-10)18-14(21)13-6-7-20(19-13)9-22-12-4-2-11(16)3-5-12/h2-8H,9H2,1H3,(H,17,18,21). The molecule has 23 heavy (non-hydrogen) atoms. The lowest BCUT2D eigenvalue weighted by Gasteiger charge is -2.06. The van der Waals surface area contributed by atoms with Gasteiger partial charge in [-0.1, -0.05) is 15.9 Å². The number of anilines is 1. The van der Waals surface area contributed by atoms with Crippen LogP contribution in [-0.4, -0.2) is 20.7 Å². The molecule has 0 aliphatic rings. The Bertz CT molecular complexity index is 813. The number of ether oxygens (including phenoxy) is 1. The number of halogens is 1. The molecule has 1 aromatic carbocycles. The van der Waals surface area contributed by atoms with Crippen LogP contribution in [0.1, 0.15) is 15.4 Å². The average molecular weight is 393 g/mol. The molecule has 3 rings (SSSR count). The normalized spacial score (nSPS) is 10.5. The first-order chi connectivity index (χ1) is 11.1. The van der Waals surface area contributed by atoms with Crippen molar-refractivity contribution >= 4 is 38.3 Å². The number of benzene rings is 1. The van der Waals surface area contributed by atoms with Crippen molar-refractivity contribution < 1.29 is 9.53 Å². The summed E-state index contributed by atoms with van der Waals surface area (Å²) in [5.41, 5.74) is 0.317. The Labute approximate surface area is 145 Å². The zero-order chi connectivity index (χ0) is 16.2. The third-order valence-corrected chi connectivity index (χ3v) is 4.25. The van der Waals surface area contributed by atoms with E-state index in [-0.39, 0.29) is 12.6 Å². The van der Waals surface area contributed by atoms with E-state index in [0.717, 1.165) is 15.1 Å². The molecule has 0 fully saturated rings. The molecule has 0 spiro atoms. The number of thiazole rings is 1. The second-order valence-electron chi connectivity index (χ2n) is 4.70. The van der Waals surface area contributed by atoms with Gasteiger partial charge in [0.15, 0.2) is 17.6 Å². The van der Waals surface area contributed by atoms with E-state index in [0.29, 0.717) is 10.8 Å². The van der Waals surface area contributed by atoms with Gasteiger partial charge in [0.25, 0.3) is 5.91 Å². The van der Waals surface area contributed by atoms with E-state index >= 15 is 0 Å². The Balaban J connectivity index is 1.59. The number of aryl methyl sites for hydroxylation is 1. The molecule has 0 unspecified atom stereocenters. The SMILES string of the molecule is Cc1cnc(NC(=O)c2ccn(COc3ccc(Br)cc3)n2)s1. The van der Waals surface area contributed by atoms with Crippen molar-refractivity contribution in [3.63, 3.8) is 0 Å². The van der Waals surface area contributed by atoms with Gasteiger partial charge in [0.2, 0.25) is 0 Å². The van der Waals surface area contributed by atoms with Crippen LogP contribution in [0.5, 0.6) is 5.75 Å². The highest BCUT2D eigenvalue weighted by molar-refractivity contribution is 9.10. The number of nitrogens with zero attached hydrogens (tertiary/aromatic N) is 3. The molecule has 0 aliphatic heterocycles. The van der Waals surface area contributed by atoms with Gasteiger partial charge < -0.3 is 4.74 Å². The van der Waals surface area contributed by atoms with Gasteiger partial charge >= 0.3 is 0 Å². The van der Waals surface area contributed by atoms with E-state index in [9.17, 15) is 4.79 Å². The van der Waals surface area contributed by atoms with E-state index in [1.165, 1.54) is 11.3 Å². The predicted octanol–water partition coefficient (Wildman–Crippen LogP) is 3.70. The van der Waals surface area contributed by atoms with Crippen molar-refractivity contribution in [1.29, 1.82) is 0 Å². The monoisotopic (exact) mass is 392 g/mol. The van der Waals surface area contributed by atoms with Gasteiger partial charge in [-0.05, 0) is 37.3 Å². The van der Waals surface area contributed by atoms with Crippen molar-refractivity contribution in [1.82, 2.24) is 14.8 Å². The van der Waals surface area contributed by atoms with Crippen LogP contribution in [0.15, 0.2) is 47.2 Å². The molecular formula is C15H13BrN4O2S. The summed E-state index contributed by atoms with van der Waals surface area (Å²) in [6.07, 6.45) is 3.41. The lowest BCUT2D eigenvalue weighted by Crippen LogP contribution is -2.14. The van der Waals surface area contributed by atoms with Crippen molar-refractivity contribution in [2.45, 2.75) is 13.7 Å². The Morgan fingerprint density at radius 1 is 1.35 bits per heavy atom. The molecule has 0 atom stereocenters. The Morgan fingerprint density at radius 2 is 2.13 bits per heavy atom. The molecule has 0 saturated carbocycles. The number of aromatic nitrogens is 3. The quantitative estimate of drug-likeness (QED) is 0.718. The number of amides is 1. The third kappa shape index (κ3) is 4.17.